The molecule has 1 amide bonds. The molecule has 31 heavy (non-hydrogen) atoms. The van der Waals surface area contributed by atoms with E-state index in [9.17, 15) is 9.59 Å². The zero-order chi connectivity index (χ0) is 21.8. The lowest BCUT2D eigenvalue weighted by molar-refractivity contribution is -0.118. The molecular weight excluding hydrogens is 414 g/mol. The van der Waals surface area contributed by atoms with E-state index in [0.29, 0.717) is 30.5 Å². The lowest BCUT2D eigenvalue weighted by Crippen LogP contribution is -2.46. The Morgan fingerprint density at radius 1 is 1.13 bits per heavy atom. The number of ether oxygens (including phenoxy) is 1. The molecule has 2 aliphatic heterocycles. The highest BCUT2D eigenvalue weighted by molar-refractivity contribution is 6.40. The van der Waals surface area contributed by atoms with Gasteiger partial charge < -0.3 is 10.1 Å². The first-order valence-electron chi connectivity index (χ1n) is 10.5. The van der Waals surface area contributed by atoms with Crippen LogP contribution in [0.4, 0.5) is 5.69 Å². The Labute approximate surface area is 187 Å². The summed E-state index contributed by atoms with van der Waals surface area (Å²) >= 11 is 6.51. The van der Waals surface area contributed by atoms with Gasteiger partial charge in [0.1, 0.15) is 11.8 Å². The quantitative estimate of drug-likeness (QED) is 0.744. The summed E-state index contributed by atoms with van der Waals surface area (Å²) in [5.74, 6) is -0.269. The number of carbonyl (C=O) groups is 2. The van der Waals surface area contributed by atoms with Gasteiger partial charge >= 0.3 is 0 Å². The molecule has 1 unspecified atom stereocenters. The van der Waals surface area contributed by atoms with E-state index in [1.165, 1.54) is 6.92 Å². The molecule has 2 aromatic rings. The minimum atomic E-state index is -0.469. The van der Waals surface area contributed by atoms with Crippen molar-refractivity contribution in [2.45, 2.75) is 37.6 Å². The number of halogens is 1. The van der Waals surface area contributed by atoms with Crippen molar-refractivity contribution < 1.29 is 14.3 Å². The second kappa shape index (κ2) is 9.20. The normalized spacial score (nSPS) is 20.3. The molecule has 0 spiro atoms. The maximum Gasteiger partial charge on any atom is 0.267 e. The van der Waals surface area contributed by atoms with Crippen molar-refractivity contribution in [3.63, 3.8) is 0 Å². The van der Waals surface area contributed by atoms with Crippen molar-refractivity contribution >= 4 is 34.7 Å². The number of Topliss-reactive ketones (excluding diaryl/α,β-unsaturated/α-hetero) is 1. The summed E-state index contributed by atoms with van der Waals surface area (Å²) in [5.41, 5.74) is 1.90. The van der Waals surface area contributed by atoms with Crippen LogP contribution in [0, 0.1) is 0 Å². The van der Waals surface area contributed by atoms with Crippen molar-refractivity contribution in [1.29, 1.82) is 0 Å². The maximum atomic E-state index is 13.0. The van der Waals surface area contributed by atoms with Crippen LogP contribution in [0.2, 0.25) is 5.02 Å². The second-order valence-electron chi connectivity index (χ2n) is 8.11. The fourth-order valence-electron chi connectivity index (χ4n) is 4.33. The average Bonchev–Trinajstić information content (AvgIpc) is 3.25. The summed E-state index contributed by atoms with van der Waals surface area (Å²) in [6.07, 6.45) is 1.84. The van der Waals surface area contributed by atoms with E-state index in [1.54, 1.807) is 5.01 Å². The number of nitrogens with one attached hydrogen (secondary N) is 1. The van der Waals surface area contributed by atoms with E-state index in [0.717, 1.165) is 24.1 Å². The molecule has 1 atom stereocenters. The standard InChI is InChI=1S/C24H26ClN3O3/c1-17(29)22-15-21(27-28(22)18-7-3-2-4-8-18)23(30)26-16-24(11-13-31-14-12-24)19-9-5-6-10-20(19)25/h2-10,22H,11-16H2,1H3,(H,26,30). The van der Waals surface area contributed by atoms with Gasteiger partial charge in [-0.3, -0.25) is 14.6 Å². The van der Waals surface area contributed by atoms with Crippen LogP contribution in [-0.2, 0) is 19.7 Å². The number of anilines is 1. The molecule has 6 nitrogen and oxygen atoms in total. The van der Waals surface area contributed by atoms with Gasteiger partial charge in [-0.2, -0.15) is 5.10 Å². The number of nitrogens with zero attached hydrogens (tertiary/aromatic N) is 2. The molecular formula is C24H26ClN3O3. The van der Waals surface area contributed by atoms with Crippen LogP contribution >= 0.6 is 11.6 Å². The molecule has 2 aliphatic rings. The number of benzene rings is 2. The summed E-state index contributed by atoms with van der Waals surface area (Å²) in [4.78, 5) is 25.2. The fourth-order valence-corrected chi connectivity index (χ4v) is 4.67. The van der Waals surface area contributed by atoms with Crippen molar-refractivity contribution in [3.05, 3.63) is 65.2 Å². The number of ketones is 1. The number of rotatable bonds is 6. The van der Waals surface area contributed by atoms with Crippen molar-refractivity contribution in [2.24, 2.45) is 5.10 Å². The Bertz CT molecular complexity index is 987. The van der Waals surface area contributed by atoms with E-state index in [4.69, 9.17) is 16.3 Å². The van der Waals surface area contributed by atoms with Gasteiger partial charge in [-0.05, 0) is 43.5 Å². The predicted molar refractivity (Wildman–Crippen MR) is 122 cm³/mol. The zero-order valence-electron chi connectivity index (χ0n) is 17.5. The molecule has 162 valence electrons. The number of hydrogen-bond acceptors (Lipinski definition) is 5. The fraction of sp³-hybridized carbons (Fsp3) is 0.375. The van der Waals surface area contributed by atoms with E-state index in [1.807, 2.05) is 54.6 Å². The minimum absolute atomic E-state index is 0.0210. The summed E-state index contributed by atoms with van der Waals surface area (Å²) in [7, 11) is 0. The number of carbonyl (C=O) groups excluding carboxylic acids is 2. The topological polar surface area (TPSA) is 71.0 Å². The highest BCUT2D eigenvalue weighted by atomic mass is 35.5. The molecule has 2 aromatic carbocycles. The lowest BCUT2D eigenvalue weighted by atomic mass is 9.74. The number of para-hydroxylation sites is 1. The van der Waals surface area contributed by atoms with E-state index >= 15 is 0 Å². The monoisotopic (exact) mass is 439 g/mol. The average molecular weight is 440 g/mol. The maximum absolute atomic E-state index is 13.0. The smallest absolute Gasteiger partial charge is 0.267 e. The van der Waals surface area contributed by atoms with Crippen LogP contribution in [0.5, 0.6) is 0 Å². The van der Waals surface area contributed by atoms with Crippen LogP contribution in [0.1, 0.15) is 31.7 Å². The number of hydrazone groups is 1. The first-order chi connectivity index (χ1) is 15.0. The van der Waals surface area contributed by atoms with Gasteiger partial charge in [0.25, 0.3) is 5.91 Å². The molecule has 0 aliphatic carbocycles. The van der Waals surface area contributed by atoms with Crippen molar-refractivity contribution in [2.75, 3.05) is 24.8 Å². The first-order valence-corrected chi connectivity index (χ1v) is 10.9. The molecule has 2 heterocycles. The Balaban J connectivity index is 1.53. The summed E-state index contributed by atoms with van der Waals surface area (Å²) in [6.45, 7) is 3.21. The third-order valence-electron chi connectivity index (χ3n) is 6.14. The predicted octanol–water partition coefficient (Wildman–Crippen LogP) is 3.73. The molecule has 1 fully saturated rings. The largest absolute Gasteiger partial charge is 0.381 e. The molecule has 1 N–H and O–H groups in total. The van der Waals surface area contributed by atoms with Gasteiger partial charge in [0.05, 0.1) is 5.69 Å². The van der Waals surface area contributed by atoms with E-state index in [-0.39, 0.29) is 23.5 Å². The Morgan fingerprint density at radius 2 is 1.81 bits per heavy atom. The lowest BCUT2D eigenvalue weighted by Gasteiger charge is -2.38. The van der Waals surface area contributed by atoms with Gasteiger partial charge in [-0.25, -0.2) is 0 Å². The molecule has 1 saturated heterocycles. The van der Waals surface area contributed by atoms with Crippen LogP contribution < -0.4 is 10.3 Å². The van der Waals surface area contributed by atoms with Gasteiger partial charge in [0.2, 0.25) is 0 Å². The van der Waals surface area contributed by atoms with Crippen LogP contribution in [0.25, 0.3) is 0 Å². The molecule has 0 radical (unpaired) electrons. The van der Waals surface area contributed by atoms with Gasteiger partial charge in [-0.15, -0.1) is 0 Å². The molecule has 0 saturated carbocycles. The Morgan fingerprint density at radius 3 is 2.48 bits per heavy atom. The molecule has 7 heteroatoms. The summed E-state index contributed by atoms with van der Waals surface area (Å²) in [6, 6.07) is 16.8. The van der Waals surface area contributed by atoms with Crippen LogP contribution in [0.3, 0.4) is 0 Å². The third-order valence-corrected chi connectivity index (χ3v) is 6.47. The van der Waals surface area contributed by atoms with Crippen LogP contribution in [0.15, 0.2) is 59.7 Å². The summed E-state index contributed by atoms with van der Waals surface area (Å²) in [5, 5.41) is 9.92. The third kappa shape index (κ3) is 4.50. The highest BCUT2D eigenvalue weighted by Gasteiger charge is 2.38. The minimum Gasteiger partial charge on any atom is -0.381 e. The number of amides is 1. The van der Waals surface area contributed by atoms with Gasteiger partial charge in [-0.1, -0.05) is 48.0 Å². The van der Waals surface area contributed by atoms with Gasteiger partial charge in [0, 0.05) is 36.6 Å². The summed E-state index contributed by atoms with van der Waals surface area (Å²) < 4.78 is 5.57. The second-order valence-corrected chi connectivity index (χ2v) is 8.52. The number of hydrogen-bond donors (Lipinski definition) is 1. The Hall–Kier alpha value is -2.70. The molecule has 4 rings (SSSR count). The van der Waals surface area contributed by atoms with Crippen LogP contribution in [-0.4, -0.2) is 43.2 Å². The Kier molecular flexibility index (Phi) is 6.39. The van der Waals surface area contributed by atoms with Crippen molar-refractivity contribution in [1.82, 2.24) is 5.32 Å². The SMILES string of the molecule is CC(=O)C1CC(C(=O)NCC2(c3ccccc3Cl)CCOCC2)=NN1c1ccccc1. The zero-order valence-corrected chi connectivity index (χ0v) is 18.3. The first kappa shape index (κ1) is 21.5. The van der Waals surface area contributed by atoms with E-state index < -0.39 is 6.04 Å². The molecule has 0 bridgehead atoms. The molecule has 0 aromatic heterocycles. The van der Waals surface area contributed by atoms with E-state index in [2.05, 4.69) is 10.4 Å². The highest BCUT2D eigenvalue weighted by Crippen LogP contribution is 2.38. The van der Waals surface area contributed by atoms with Crippen molar-refractivity contribution in [3.8, 4) is 0 Å². The van der Waals surface area contributed by atoms with Gasteiger partial charge in [0.15, 0.2) is 5.78 Å².